The Balaban J connectivity index is 2.95. The van der Waals surface area contributed by atoms with Gasteiger partial charge >= 0.3 is 6.18 Å². The predicted molar refractivity (Wildman–Crippen MR) is 71.3 cm³/mol. The third-order valence-corrected chi connectivity index (χ3v) is 4.00. The molecule has 2 amide bonds. The number of amides is 2. The van der Waals surface area contributed by atoms with Crippen LogP contribution in [-0.2, 0) is 9.59 Å². The van der Waals surface area contributed by atoms with Crippen molar-refractivity contribution < 1.29 is 22.8 Å². The number of hydrogen-bond donors (Lipinski definition) is 1. The first kappa shape index (κ1) is 17.7. The summed E-state index contributed by atoms with van der Waals surface area (Å²) in [5.41, 5.74) is 4.85. The number of nitrogens with two attached hydrogens (primary N) is 1. The molecule has 1 aliphatic rings. The van der Waals surface area contributed by atoms with E-state index in [1.165, 1.54) is 14.1 Å². The van der Waals surface area contributed by atoms with E-state index in [0.29, 0.717) is 24.2 Å². The molecule has 2 N–H and O–H groups in total. The van der Waals surface area contributed by atoms with E-state index in [4.69, 9.17) is 5.73 Å². The van der Waals surface area contributed by atoms with Crippen molar-refractivity contribution in [3.63, 3.8) is 0 Å². The second kappa shape index (κ2) is 6.21. The molecule has 8 heteroatoms. The maximum absolute atomic E-state index is 12.7. The van der Waals surface area contributed by atoms with Gasteiger partial charge in [-0.2, -0.15) is 13.2 Å². The first-order chi connectivity index (χ1) is 9.47. The van der Waals surface area contributed by atoms with Crippen molar-refractivity contribution in [2.45, 2.75) is 38.4 Å². The van der Waals surface area contributed by atoms with Gasteiger partial charge in [0.2, 0.25) is 11.8 Å². The molecule has 1 saturated carbocycles. The van der Waals surface area contributed by atoms with Gasteiger partial charge in [-0.05, 0) is 19.8 Å². The smallest absolute Gasteiger partial charge is 0.347 e. The fourth-order valence-corrected chi connectivity index (χ4v) is 2.54. The first-order valence-corrected chi connectivity index (χ1v) is 6.79. The molecule has 0 saturated heterocycles. The summed E-state index contributed by atoms with van der Waals surface area (Å²) in [7, 11) is 2.86. The SMILES string of the molecule is CN(C)C(=O)CN(CC(F)(F)F)C(=O)C1(C)CCCC1N. The van der Waals surface area contributed by atoms with Crippen LogP contribution in [0.4, 0.5) is 13.2 Å². The topological polar surface area (TPSA) is 66.6 Å². The molecule has 0 aromatic carbocycles. The van der Waals surface area contributed by atoms with Crippen LogP contribution in [0, 0.1) is 5.41 Å². The van der Waals surface area contributed by atoms with Crippen LogP contribution in [0.2, 0.25) is 0 Å². The fourth-order valence-electron chi connectivity index (χ4n) is 2.54. The highest BCUT2D eigenvalue weighted by atomic mass is 19.4. The van der Waals surface area contributed by atoms with E-state index >= 15 is 0 Å². The molecule has 0 aliphatic heterocycles. The van der Waals surface area contributed by atoms with Gasteiger partial charge in [0.05, 0.1) is 5.41 Å². The summed E-state index contributed by atoms with van der Waals surface area (Å²) >= 11 is 0. The average molecular weight is 309 g/mol. The van der Waals surface area contributed by atoms with Gasteiger partial charge in [-0.1, -0.05) is 6.42 Å². The van der Waals surface area contributed by atoms with Crippen molar-refractivity contribution in [3.05, 3.63) is 0 Å². The second-order valence-corrected chi connectivity index (χ2v) is 5.98. The normalized spacial score (nSPS) is 25.8. The Bertz CT molecular complexity index is 412. The minimum absolute atomic E-state index is 0.442. The van der Waals surface area contributed by atoms with Gasteiger partial charge in [-0.15, -0.1) is 0 Å². The van der Waals surface area contributed by atoms with E-state index in [9.17, 15) is 22.8 Å². The van der Waals surface area contributed by atoms with E-state index in [1.54, 1.807) is 6.92 Å². The molecule has 0 aromatic rings. The number of alkyl halides is 3. The lowest BCUT2D eigenvalue weighted by Crippen LogP contribution is -2.53. The van der Waals surface area contributed by atoms with E-state index < -0.39 is 42.5 Å². The summed E-state index contributed by atoms with van der Waals surface area (Å²) in [6, 6.07) is -0.477. The Morgan fingerprint density at radius 2 is 1.90 bits per heavy atom. The molecule has 1 aliphatic carbocycles. The minimum Gasteiger partial charge on any atom is -0.347 e. The van der Waals surface area contributed by atoms with Gasteiger partial charge in [0.25, 0.3) is 0 Å². The molecular formula is C13H22F3N3O2. The van der Waals surface area contributed by atoms with Gasteiger partial charge in [0, 0.05) is 20.1 Å². The van der Waals surface area contributed by atoms with Crippen molar-refractivity contribution in [2.75, 3.05) is 27.2 Å². The minimum atomic E-state index is -4.55. The van der Waals surface area contributed by atoms with Gasteiger partial charge in [-0.25, -0.2) is 0 Å². The highest BCUT2D eigenvalue weighted by molar-refractivity contribution is 5.88. The Labute approximate surface area is 122 Å². The number of nitrogens with zero attached hydrogens (tertiary/aromatic N) is 2. The van der Waals surface area contributed by atoms with Gasteiger partial charge < -0.3 is 15.5 Å². The summed E-state index contributed by atoms with van der Waals surface area (Å²) < 4.78 is 38.0. The number of carbonyl (C=O) groups is 2. The van der Waals surface area contributed by atoms with Crippen molar-refractivity contribution >= 4 is 11.8 Å². The van der Waals surface area contributed by atoms with Gasteiger partial charge in [-0.3, -0.25) is 9.59 Å². The monoisotopic (exact) mass is 309 g/mol. The highest BCUT2D eigenvalue weighted by Gasteiger charge is 2.47. The molecule has 21 heavy (non-hydrogen) atoms. The van der Waals surface area contributed by atoms with Gasteiger partial charge in [0.15, 0.2) is 0 Å². The molecule has 2 unspecified atom stereocenters. The largest absolute Gasteiger partial charge is 0.406 e. The Hall–Kier alpha value is -1.31. The standard InChI is InChI=1S/C13H22F3N3O2/c1-12(6-4-5-9(12)17)11(21)19(8-13(14,15)16)7-10(20)18(2)3/h9H,4-8,17H2,1-3H3. The maximum Gasteiger partial charge on any atom is 0.406 e. The van der Waals surface area contributed by atoms with Gasteiger partial charge in [0.1, 0.15) is 13.1 Å². The molecule has 0 spiro atoms. The zero-order chi connectivity index (χ0) is 16.4. The van der Waals surface area contributed by atoms with Crippen molar-refractivity contribution in [1.82, 2.24) is 9.80 Å². The number of carbonyl (C=O) groups excluding carboxylic acids is 2. The molecular weight excluding hydrogens is 287 g/mol. The Kier molecular flexibility index (Phi) is 5.25. The van der Waals surface area contributed by atoms with Crippen molar-refractivity contribution in [1.29, 1.82) is 0 Å². The lowest BCUT2D eigenvalue weighted by molar-refractivity contribution is -0.170. The number of likely N-dealkylation sites (N-methyl/N-ethyl adjacent to an activating group) is 1. The lowest BCUT2D eigenvalue weighted by atomic mass is 9.83. The molecule has 2 atom stereocenters. The predicted octanol–water partition coefficient (Wildman–Crippen LogP) is 0.983. The zero-order valence-electron chi connectivity index (χ0n) is 12.5. The van der Waals surface area contributed by atoms with Crippen LogP contribution in [0.25, 0.3) is 0 Å². The van der Waals surface area contributed by atoms with E-state index in [-0.39, 0.29) is 0 Å². The fraction of sp³-hybridized carbons (Fsp3) is 0.846. The Morgan fingerprint density at radius 3 is 2.29 bits per heavy atom. The van der Waals surface area contributed by atoms with E-state index in [2.05, 4.69) is 0 Å². The molecule has 0 radical (unpaired) electrons. The summed E-state index contributed by atoms with van der Waals surface area (Å²) in [6.07, 6.45) is -2.81. The van der Waals surface area contributed by atoms with Crippen LogP contribution in [0.15, 0.2) is 0 Å². The Morgan fingerprint density at radius 1 is 1.33 bits per heavy atom. The molecule has 1 rings (SSSR count). The van der Waals surface area contributed by atoms with Crippen LogP contribution >= 0.6 is 0 Å². The van der Waals surface area contributed by atoms with E-state index in [1.807, 2.05) is 0 Å². The van der Waals surface area contributed by atoms with Crippen LogP contribution in [0.5, 0.6) is 0 Å². The lowest BCUT2D eigenvalue weighted by Gasteiger charge is -2.35. The van der Waals surface area contributed by atoms with E-state index in [0.717, 1.165) is 4.90 Å². The van der Waals surface area contributed by atoms with Crippen molar-refractivity contribution in [3.8, 4) is 0 Å². The molecule has 122 valence electrons. The van der Waals surface area contributed by atoms with Crippen LogP contribution in [0.1, 0.15) is 26.2 Å². The molecule has 0 heterocycles. The van der Waals surface area contributed by atoms with Crippen LogP contribution < -0.4 is 5.73 Å². The molecule has 5 nitrogen and oxygen atoms in total. The molecule has 0 bridgehead atoms. The number of rotatable bonds is 4. The third-order valence-electron chi connectivity index (χ3n) is 4.00. The quantitative estimate of drug-likeness (QED) is 0.842. The molecule has 0 aromatic heterocycles. The van der Waals surface area contributed by atoms with Crippen molar-refractivity contribution in [2.24, 2.45) is 11.1 Å². The number of halogens is 3. The molecule has 1 fully saturated rings. The summed E-state index contributed by atoms with van der Waals surface area (Å²) in [5.74, 6) is -1.25. The van der Waals surface area contributed by atoms with Crippen LogP contribution in [-0.4, -0.2) is 61.0 Å². The van der Waals surface area contributed by atoms with Crippen LogP contribution in [0.3, 0.4) is 0 Å². The summed E-state index contributed by atoms with van der Waals surface area (Å²) in [5, 5.41) is 0. The second-order valence-electron chi connectivity index (χ2n) is 5.98. The first-order valence-electron chi connectivity index (χ1n) is 6.79. The highest BCUT2D eigenvalue weighted by Crippen LogP contribution is 2.38. The summed E-state index contributed by atoms with van der Waals surface area (Å²) in [6.45, 7) is -0.447. The zero-order valence-corrected chi connectivity index (χ0v) is 12.5. The summed E-state index contributed by atoms with van der Waals surface area (Å²) in [4.78, 5) is 25.9. The number of hydrogen-bond acceptors (Lipinski definition) is 3. The third kappa shape index (κ3) is 4.33. The maximum atomic E-state index is 12.7. The average Bonchev–Trinajstić information content (AvgIpc) is 2.67.